The lowest BCUT2D eigenvalue weighted by atomic mass is 10.2. The second-order valence-electron chi connectivity index (χ2n) is 6.66. The van der Waals surface area contributed by atoms with Crippen molar-refractivity contribution in [3.63, 3.8) is 0 Å². The Kier molecular flexibility index (Phi) is 5.46. The second kappa shape index (κ2) is 7.57. The molecule has 1 aromatic heterocycles. The molecule has 0 fully saturated rings. The number of rotatable bonds is 5. The molecule has 0 radical (unpaired) electrons. The van der Waals surface area contributed by atoms with Crippen molar-refractivity contribution in [2.24, 2.45) is 14.1 Å². The van der Waals surface area contributed by atoms with Gasteiger partial charge in [0.2, 0.25) is 5.91 Å². The number of carbonyl (C=O) groups excluding carboxylic acids is 1. The van der Waals surface area contributed by atoms with Crippen molar-refractivity contribution >= 4 is 44.1 Å². The van der Waals surface area contributed by atoms with E-state index in [1.807, 2.05) is 0 Å². The molecule has 0 aliphatic carbocycles. The number of hydrogen-bond donors (Lipinski definition) is 1. The number of aryl methyl sites for hydroxylation is 3. The highest BCUT2D eigenvalue weighted by Crippen LogP contribution is 2.31. The van der Waals surface area contributed by atoms with Gasteiger partial charge >= 0.3 is 5.69 Å². The summed E-state index contributed by atoms with van der Waals surface area (Å²) in [5.41, 5.74) is 1.84. The average Bonchev–Trinajstić information content (AvgIpc) is 2.88. The van der Waals surface area contributed by atoms with Gasteiger partial charge in [-0.25, -0.2) is 13.2 Å². The van der Waals surface area contributed by atoms with Crippen LogP contribution in [0, 0.1) is 6.92 Å². The van der Waals surface area contributed by atoms with E-state index in [4.69, 9.17) is 16.3 Å². The Balaban J connectivity index is 1.89. The zero-order chi connectivity index (χ0) is 21.5. The molecule has 0 aliphatic heterocycles. The summed E-state index contributed by atoms with van der Waals surface area (Å²) in [7, 11) is 0.654. The van der Waals surface area contributed by atoms with E-state index in [2.05, 4.69) is 5.32 Å². The minimum Gasteiger partial charge on any atom is -0.495 e. The van der Waals surface area contributed by atoms with Crippen molar-refractivity contribution in [3.8, 4) is 5.75 Å². The van der Waals surface area contributed by atoms with Crippen molar-refractivity contribution in [2.45, 2.75) is 11.8 Å². The molecule has 0 bridgehead atoms. The van der Waals surface area contributed by atoms with E-state index >= 15 is 0 Å². The standard InChI is InChI=1S/C19H20ClN3O5S/c1-11-7-14(17(28-4)9-13(11)20)21-18(24)10-29(26,27)12-5-6-15-16(8-12)23(3)19(25)22(15)2/h5-9H,10H2,1-4H3,(H,21,24). The molecular formula is C19H20ClN3O5S. The summed E-state index contributed by atoms with van der Waals surface area (Å²) in [4.78, 5) is 24.4. The molecule has 0 saturated carbocycles. The first kappa shape index (κ1) is 20.9. The highest BCUT2D eigenvalue weighted by Gasteiger charge is 2.22. The number of hydrogen-bond acceptors (Lipinski definition) is 5. The van der Waals surface area contributed by atoms with Crippen molar-refractivity contribution in [2.75, 3.05) is 18.2 Å². The van der Waals surface area contributed by atoms with Crippen LogP contribution in [-0.2, 0) is 28.7 Å². The lowest BCUT2D eigenvalue weighted by Crippen LogP contribution is -2.23. The highest BCUT2D eigenvalue weighted by molar-refractivity contribution is 7.92. The van der Waals surface area contributed by atoms with Crippen molar-refractivity contribution in [1.29, 1.82) is 0 Å². The van der Waals surface area contributed by atoms with Crippen LogP contribution in [0.25, 0.3) is 11.0 Å². The van der Waals surface area contributed by atoms with E-state index in [1.54, 1.807) is 39.2 Å². The minimum atomic E-state index is -3.93. The number of anilines is 1. The minimum absolute atomic E-state index is 0.0411. The second-order valence-corrected chi connectivity index (χ2v) is 9.06. The van der Waals surface area contributed by atoms with E-state index in [1.165, 1.54) is 28.4 Å². The number of amides is 1. The number of nitrogens with one attached hydrogen (secondary N) is 1. The number of ether oxygens (including phenoxy) is 1. The fourth-order valence-electron chi connectivity index (χ4n) is 3.05. The van der Waals surface area contributed by atoms with Gasteiger partial charge < -0.3 is 10.1 Å². The first-order valence-electron chi connectivity index (χ1n) is 8.57. The van der Waals surface area contributed by atoms with Crippen LogP contribution in [0.4, 0.5) is 5.69 Å². The average molecular weight is 438 g/mol. The van der Waals surface area contributed by atoms with E-state index in [9.17, 15) is 18.0 Å². The summed E-state index contributed by atoms with van der Waals surface area (Å²) in [5, 5.41) is 3.02. The fraction of sp³-hybridized carbons (Fsp3) is 0.263. The Bertz CT molecular complexity index is 1290. The normalized spacial score (nSPS) is 11.6. The van der Waals surface area contributed by atoms with E-state index in [-0.39, 0.29) is 10.6 Å². The maximum Gasteiger partial charge on any atom is 0.328 e. The Hall–Kier alpha value is -2.78. The maximum atomic E-state index is 12.7. The molecule has 8 nitrogen and oxygen atoms in total. The molecule has 3 aromatic rings. The third-order valence-corrected chi connectivity index (χ3v) is 6.70. The van der Waals surface area contributed by atoms with Gasteiger partial charge in [0.1, 0.15) is 11.5 Å². The van der Waals surface area contributed by atoms with Gasteiger partial charge in [-0.15, -0.1) is 0 Å². The molecule has 10 heteroatoms. The van der Waals surface area contributed by atoms with E-state index in [0.29, 0.717) is 33.1 Å². The number of aromatic nitrogens is 2. The van der Waals surface area contributed by atoms with Crippen molar-refractivity contribution in [3.05, 3.63) is 51.4 Å². The number of benzene rings is 2. The Morgan fingerprint density at radius 2 is 1.79 bits per heavy atom. The van der Waals surface area contributed by atoms with Gasteiger partial charge in [0.05, 0.1) is 28.7 Å². The fourth-order valence-corrected chi connectivity index (χ4v) is 4.36. The van der Waals surface area contributed by atoms with E-state index in [0.717, 1.165) is 0 Å². The molecule has 0 spiro atoms. The molecule has 1 heterocycles. The Morgan fingerprint density at radius 3 is 2.45 bits per heavy atom. The summed E-state index contributed by atoms with van der Waals surface area (Å²) in [6, 6.07) is 7.49. The van der Waals surface area contributed by atoms with Gasteiger partial charge in [0.25, 0.3) is 0 Å². The van der Waals surface area contributed by atoms with Crippen LogP contribution in [0.2, 0.25) is 5.02 Å². The molecule has 3 rings (SSSR count). The molecule has 0 atom stereocenters. The van der Waals surface area contributed by atoms with Gasteiger partial charge in [-0.05, 0) is 36.8 Å². The Labute approximate surface area is 172 Å². The smallest absolute Gasteiger partial charge is 0.328 e. The zero-order valence-corrected chi connectivity index (χ0v) is 17.9. The zero-order valence-electron chi connectivity index (χ0n) is 16.3. The first-order chi connectivity index (χ1) is 13.5. The predicted molar refractivity (Wildman–Crippen MR) is 112 cm³/mol. The largest absolute Gasteiger partial charge is 0.495 e. The maximum absolute atomic E-state index is 12.7. The number of carbonyl (C=O) groups is 1. The molecule has 0 unspecified atom stereocenters. The molecule has 2 aromatic carbocycles. The van der Waals surface area contributed by atoms with Gasteiger partial charge in [-0.2, -0.15) is 0 Å². The third kappa shape index (κ3) is 3.88. The number of halogens is 1. The Morgan fingerprint density at radius 1 is 1.14 bits per heavy atom. The molecule has 29 heavy (non-hydrogen) atoms. The van der Waals surface area contributed by atoms with Crippen LogP contribution in [0.3, 0.4) is 0 Å². The van der Waals surface area contributed by atoms with Crippen LogP contribution in [0.15, 0.2) is 40.0 Å². The van der Waals surface area contributed by atoms with Crippen molar-refractivity contribution in [1.82, 2.24) is 9.13 Å². The SMILES string of the molecule is COc1cc(Cl)c(C)cc1NC(=O)CS(=O)(=O)c1ccc2c(c1)n(C)c(=O)n2C. The van der Waals surface area contributed by atoms with Gasteiger partial charge in [-0.3, -0.25) is 13.9 Å². The topological polar surface area (TPSA) is 99.4 Å². The quantitative estimate of drug-likeness (QED) is 0.660. The summed E-state index contributed by atoms with van der Waals surface area (Å²) in [6.45, 7) is 1.76. The van der Waals surface area contributed by atoms with Crippen LogP contribution in [-0.4, -0.2) is 36.3 Å². The van der Waals surface area contributed by atoms with Crippen molar-refractivity contribution < 1.29 is 17.9 Å². The number of imidazole rings is 1. The lowest BCUT2D eigenvalue weighted by Gasteiger charge is -2.12. The monoisotopic (exact) mass is 437 g/mol. The molecular weight excluding hydrogens is 418 g/mol. The lowest BCUT2D eigenvalue weighted by molar-refractivity contribution is -0.113. The first-order valence-corrected chi connectivity index (χ1v) is 10.6. The van der Waals surface area contributed by atoms with E-state index < -0.39 is 21.5 Å². The van der Waals surface area contributed by atoms with Gasteiger partial charge in [0, 0.05) is 25.2 Å². The van der Waals surface area contributed by atoms with Gasteiger partial charge in [-0.1, -0.05) is 11.6 Å². The predicted octanol–water partition coefficient (Wildman–Crippen LogP) is 2.26. The molecule has 0 aliphatic rings. The van der Waals surface area contributed by atoms with Crippen LogP contribution < -0.4 is 15.7 Å². The number of nitrogens with zero attached hydrogens (tertiary/aromatic N) is 2. The number of methoxy groups -OCH3 is 1. The summed E-state index contributed by atoms with van der Waals surface area (Å²) >= 11 is 6.05. The molecule has 1 N–H and O–H groups in total. The summed E-state index contributed by atoms with van der Waals surface area (Å²) in [5.74, 6) is -1.15. The van der Waals surface area contributed by atoms with Crippen LogP contribution in [0.1, 0.15) is 5.56 Å². The molecule has 0 saturated heterocycles. The summed E-state index contributed by atoms with van der Waals surface area (Å²) < 4.78 is 33.5. The van der Waals surface area contributed by atoms with Crippen LogP contribution >= 0.6 is 11.6 Å². The summed E-state index contributed by atoms with van der Waals surface area (Å²) in [6.07, 6.45) is 0. The number of fused-ring (bicyclic) bond motifs is 1. The number of sulfone groups is 1. The third-order valence-electron chi connectivity index (χ3n) is 4.68. The molecule has 1 amide bonds. The molecule has 154 valence electrons. The highest BCUT2D eigenvalue weighted by atomic mass is 35.5. The van der Waals surface area contributed by atoms with Gasteiger partial charge in [0.15, 0.2) is 9.84 Å². The van der Waals surface area contributed by atoms with Crippen LogP contribution in [0.5, 0.6) is 5.75 Å².